The lowest BCUT2D eigenvalue weighted by atomic mass is 9.96. The minimum Gasteiger partial charge on any atom is -0.226 e. The number of nitrogens with zero attached hydrogens (tertiary/aromatic N) is 2. The summed E-state index contributed by atoms with van der Waals surface area (Å²) < 4.78 is 1.90. The smallest absolute Gasteiger partial charge is 0.136 e. The highest BCUT2D eigenvalue weighted by Crippen LogP contribution is 2.34. The normalized spacial score (nSPS) is 11.6. The number of benzene rings is 1. The summed E-state index contributed by atoms with van der Waals surface area (Å²) in [6.45, 7) is 6.34. The summed E-state index contributed by atoms with van der Waals surface area (Å²) in [5.74, 6) is 0.844. The number of hydrogen-bond acceptors (Lipinski definition) is 3. The van der Waals surface area contributed by atoms with Gasteiger partial charge in [-0.2, -0.15) is 0 Å². The van der Waals surface area contributed by atoms with E-state index in [0.717, 1.165) is 24.8 Å². The minimum absolute atomic E-state index is 0.0625. The average molecular weight is 402 g/mol. The first-order valence-electron chi connectivity index (χ1n) is 5.84. The SMILES string of the molecule is CC(C)(C)c1nc(Br)cc(Sc2ccccc2Br)n1. The molecule has 0 amide bonds. The minimum atomic E-state index is -0.0625. The van der Waals surface area contributed by atoms with Crippen LogP contribution in [0.2, 0.25) is 0 Å². The van der Waals surface area contributed by atoms with Crippen molar-refractivity contribution >= 4 is 43.6 Å². The predicted molar refractivity (Wildman–Crippen MR) is 86.7 cm³/mol. The van der Waals surface area contributed by atoms with Crippen LogP contribution >= 0.6 is 43.6 Å². The highest BCUT2D eigenvalue weighted by molar-refractivity contribution is 9.10. The van der Waals surface area contributed by atoms with Gasteiger partial charge in [-0.05, 0) is 44.0 Å². The molecule has 2 aromatic rings. The topological polar surface area (TPSA) is 25.8 Å². The van der Waals surface area contributed by atoms with Gasteiger partial charge in [0.1, 0.15) is 15.5 Å². The third-order valence-electron chi connectivity index (χ3n) is 2.39. The van der Waals surface area contributed by atoms with E-state index in [4.69, 9.17) is 0 Å². The molecule has 0 aliphatic rings. The molecule has 1 aromatic heterocycles. The van der Waals surface area contributed by atoms with Crippen LogP contribution in [0.4, 0.5) is 0 Å². The molecule has 0 bridgehead atoms. The van der Waals surface area contributed by atoms with E-state index in [1.165, 1.54) is 0 Å². The van der Waals surface area contributed by atoms with Crippen LogP contribution in [-0.2, 0) is 5.41 Å². The summed E-state index contributed by atoms with van der Waals surface area (Å²) in [6, 6.07) is 10.1. The fourth-order valence-electron chi connectivity index (χ4n) is 1.42. The quantitative estimate of drug-likeness (QED) is 0.625. The van der Waals surface area contributed by atoms with Crippen molar-refractivity contribution in [2.24, 2.45) is 0 Å². The Morgan fingerprint density at radius 2 is 1.74 bits per heavy atom. The second-order valence-electron chi connectivity index (χ2n) is 5.13. The Labute approximate surface area is 134 Å². The van der Waals surface area contributed by atoms with E-state index in [-0.39, 0.29) is 5.41 Å². The highest BCUT2D eigenvalue weighted by atomic mass is 79.9. The summed E-state index contributed by atoms with van der Waals surface area (Å²) in [6.07, 6.45) is 0. The fraction of sp³-hybridized carbons (Fsp3) is 0.286. The van der Waals surface area contributed by atoms with Gasteiger partial charge in [-0.1, -0.05) is 44.7 Å². The molecule has 0 aliphatic heterocycles. The second kappa shape index (κ2) is 5.94. The zero-order chi connectivity index (χ0) is 14.0. The van der Waals surface area contributed by atoms with Crippen LogP contribution in [0.5, 0.6) is 0 Å². The van der Waals surface area contributed by atoms with Crippen LogP contribution in [0.1, 0.15) is 26.6 Å². The first-order chi connectivity index (χ1) is 8.86. The highest BCUT2D eigenvalue weighted by Gasteiger charge is 2.19. The molecule has 0 saturated carbocycles. The molecular weight excluding hydrogens is 388 g/mol. The maximum absolute atomic E-state index is 4.64. The molecular formula is C14H14Br2N2S. The van der Waals surface area contributed by atoms with Gasteiger partial charge in [-0.25, -0.2) is 9.97 Å². The van der Waals surface area contributed by atoms with Crippen LogP contribution < -0.4 is 0 Å². The van der Waals surface area contributed by atoms with Crippen molar-refractivity contribution in [1.82, 2.24) is 9.97 Å². The second-order valence-corrected chi connectivity index (χ2v) is 7.86. The van der Waals surface area contributed by atoms with Gasteiger partial charge in [0, 0.05) is 20.8 Å². The molecule has 1 aromatic carbocycles. The van der Waals surface area contributed by atoms with Gasteiger partial charge < -0.3 is 0 Å². The summed E-state index contributed by atoms with van der Waals surface area (Å²) in [5, 5.41) is 0.943. The van der Waals surface area contributed by atoms with E-state index in [1.54, 1.807) is 11.8 Å². The van der Waals surface area contributed by atoms with E-state index in [1.807, 2.05) is 24.3 Å². The zero-order valence-electron chi connectivity index (χ0n) is 10.9. The van der Waals surface area contributed by atoms with E-state index < -0.39 is 0 Å². The van der Waals surface area contributed by atoms with Crippen molar-refractivity contribution in [3.63, 3.8) is 0 Å². The summed E-state index contributed by atoms with van der Waals surface area (Å²) in [7, 11) is 0. The third kappa shape index (κ3) is 4.04. The van der Waals surface area contributed by atoms with Gasteiger partial charge in [0.25, 0.3) is 0 Å². The van der Waals surface area contributed by atoms with Crippen LogP contribution in [0, 0.1) is 0 Å². The van der Waals surface area contributed by atoms with Crippen molar-refractivity contribution in [2.45, 2.75) is 36.1 Å². The number of rotatable bonds is 2. The standard InChI is InChI=1S/C14H14Br2N2S/c1-14(2,3)13-17-11(16)8-12(18-13)19-10-7-5-4-6-9(10)15/h4-8H,1-3H3. The van der Waals surface area contributed by atoms with E-state index in [0.29, 0.717) is 0 Å². The van der Waals surface area contributed by atoms with Gasteiger partial charge in [0.15, 0.2) is 0 Å². The summed E-state index contributed by atoms with van der Waals surface area (Å²) >= 11 is 8.65. The molecule has 0 unspecified atom stereocenters. The lowest BCUT2D eigenvalue weighted by Gasteiger charge is -2.17. The molecule has 0 N–H and O–H groups in total. The molecule has 19 heavy (non-hydrogen) atoms. The van der Waals surface area contributed by atoms with E-state index in [9.17, 15) is 0 Å². The maximum Gasteiger partial charge on any atom is 0.136 e. The first-order valence-corrected chi connectivity index (χ1v) is 8.24. The fourth-order valence-corrected chi connectivity index (χ4v) is 3.33. The average Bonchev–Trinajstić information content (AvgIpc) is 2.30. The molecule has 0 aliphatic carbocycles. The molecule has 2 rings (SSSR count). The van der Waals surface area contributed by atoms with E-state index in [2.05, 4.69) is 68.7 Å². The Morgan fingerprint density at radius 1 is 1.05 bits per heavy atom. The van der Waals surface area contributed by atoms with Gasteiger partial charge in [-0.15, -0.1) is 0 Å². The van der Waals surface area contributed by atoms with Gasteiger partial charge >= 0.3 is 0 Å². The lowest BCUT2D eigenvalue weighted by molar-refractivity contribution is 0.536. The molecule has 0 fully saturated rings. The van der Waals surface area contributed by atoms with Crippen molar-refractivity contribution in [3.05, 3.63) is 45.2 Å². The van der Waals surface area contributed by atoms with Crippen LogP contribution in [0.25, 0.3) is 0 Å². The molecule has 1 heterocycles. The Hall–Kier alpha value is -0.390. The zero-order valence-corrected chi connectivity index (χ0v) is 14.9. The van der Waals surface area contributed by atoms with Crippen molar-refractivity contribution in [1.29, 1.82) is 0 Å². The maximum atomic E-state index is 4.64. The number of hydrogen-bond donors (Lipinski definition) is 0. The Bertz CT molecular complexity index is 594. The molecule has 0 radical (unpaired) electrons. The molecule has 100 valence electrons. The third-order valence-corrected chi connectivity index (χ3v) is 4.75. The Kier molecular flexibility index (Phi) is 4.69. The lowest BCUT2D eigenvalue weighted by Crippen LogP contribution is -2.16. The van der Waals surface area contributed by atoms with E-state index >= 15 is 0 Å². The van der Waals surface area contributed by atoms with Gasteiger partial charge in [0.05, 0.1) is 0 Å². The number of aromatic nitrogens is 2. The first kappa shape index (κ1) is 15.0. The molecule has 5 heteroatoms. The molecule has 2 nitrogen and oxygen atoms in total. The van der Waals surface area contributed by atoms with Crippen LogP contribution in [0.3, 0.4) is 0 Å². The van der Waals surface area contributed by atoms with Crippen LogP contribution in [-0.4, -0.2) is 9.97 Å². The van der Waals surface area contributed by atoms with Crippen LogP contribution in [0.15, 0.2) is 49.3 Å². The Balaban J connectivity index is 2.36. The molecule has 0 spiro atoms. The van der Waals surface area contributed by atoms with Crippen molar-refractivity contribution < 1.29 is 0 Å². The largest absolute Gasteiger partial charge is 0.226 e. The summed E-state index contributed by atoms with van der Waals surface area (Å²) in [4.78, 5) is 10.2. The van der Waals surface area contributed by atoms with Crippen molar-refractivity contribution in [2.75, 3.05) is 0 Å². The van der Waals surface area contributed by atoms with Gasteiger partial charge in [-0.3, -0.25) is 0 Å². The molecule has 0 saturated heterocycles. The monoisotopic (exact) mass is 400 g/mol. The molecule has 0 atom stereocenters. The summed E-state index contributed by atoms with van der Waals surface area (Å²) in [5.41, 5.74) is -0.0625. The number of halogens is 2. The van der Waals surface area contributed by atoms with Gasteiger partial charge in [0.2, 0.25) is 0 Å². The Morgan fingerprint density at radius 3 is 2.37 bits per heavy atom. The predicted octanol–water partition coefficient (Wildman–Crippen LogP) is 5.45. The van der Waals surface area contributed by atoms with Crippen molar-refractivity contribution in [3.8, 4) is 0 Å².